The maximum absolute atomic E-state index is 5.27. The van der Waals surface area contributed by atoms with Crippen LogP contribution in [0.2, 0.25) is 0 Å². The maximum atomic E-state index is 5.27. The summed E-state index contributed by atoms with van der Waals surface area (Å²) in [7, 11) is 2.56. The topological polar surface area (TPSA) is 9.23 Å². The highest BCUT2D eigenvalue weighted by Crippen LogP contribution is 2.19. The number of rotatable bonds is 1. The van der Waals surface area contributed by atoms with Crippen molar-refractivity contribution in [1.29, 1.82) is 0 Å². The van der Waals surface area contributed by atoms with Crippen LogP contribution in [0.3, 0.4) is 0 Å². The molecule has 0 amide bonds. The lowest BCUT2D eigenvalue weighted by molar-refractivity contribution is 0.460. The van der Waals surface area contributed by atoms with Crippen molar-refractivity contribution in [2.45, 2.75) is 0 Å². The number of hydrogen-bond acceptors (Lipinski definition) is 1. The zero-order valence-electron chi connectivity index (χ0n) is 5.33. The Kier molecular flexibility index (Phi) is 10.0. The van der Waals surface area contributed by atoms with Crippen LogP contribution in [0.4, 0.5) is 0 Å². The van der Waals surface area contributed by atoms with Gasteiger partial charge in [0, 0.05) is 7.11 Å². The summed E-state index contributed by atoms with van der Waals surface area (Å²) in [5, 5.41) is 0. The first-order valence-corrected chi connectivity index (χ1v) is 8.01. The molecule has 0 spiro atoms. The van der Waals surface area contributed by atoms with Gasteiger partial charge in [-0.25, -0.2) is 0 Å². The van der Waals surface area contributed by atoms with Gasteiger partial charge in [0.1, 0.15) is 10.5 Å². The van der Waals surface area contributed by atoms with Crippen LogP contribution in [0.1, 0.15) is 0 Å². The van der Waals surface area contributed by atoms with Gasteiger partial charge in [-0.05, 0) is 0 Å². The van der Waals surface area contributed by atoms with E-state index < -0.39 is 6.00 Å². The highest BCUT2D eigenvalue weighted by atomic mass is 35.8. The molecule has 0 aromatic rings. The van der Waals surface area contributed by atoms with Crippen molar-refractivity contribution >= 4 is 49.7 Å². The standard InChI is InChI=1S/C2H3Cl3Si.CH6OSi/c1-2-6(3,4)5;1-2-3/h2H,1H2;1,3H3. The van der Waals surface area contributed by atoms with Crippen LogP contribution in [0, 0.1) is 0 Å². The fraction of sp³-hybridized carbons (Fsp3) is 0.333. The quantitative estimate of drug-likeness (QED) is 0.481. The van der Waals surface area contributed by atoms with Crippen molar-refractivity contribution in [3.05, 3.63) is 12.3 Å². The van der Waals surface area contributed by atoms with Gasteiger partial charge < -0.3 is 4.43 Å². The van der Waals surface area contributed by atoms with Gasteiger partial charge in [-0.3, -0.25) is 0 Å². The van der Waals surface area contributed by atoms with E-state index in [2.05, 4.69) is 11.0 Å². The van der Waals surface area contributed by atoms with Crippen molar-refractivity contribution in [1.82, 2.24) is 0 Å². The van der Waals surface area contributed by atoms with Crippen LogP contribution in [-0.2, 0) is 4.43 Å². The molecule has 0 radical (unpaired) electrons. The summed E-state index contributed by atoms with van der Waals surface area (Å²) in [5.74, 6) is 0. The third-order valence-electron chi connectivity index (χ3n) is 0.231. The average Bonchev–Trinajstić information content (AvgIpc) is 1.67. The van der Waals surface area contributed by atoms with Crippen molar-refractivity contribution in [2.24, 2.45) is 0 Å². The third-order valence-corrected chi connectivity index (χ3v) is 2.08. The molecule has 0 N–H and O–H groups in total. The Bertz CT molecular complexity index is 71.9. The molecule has 0 bridgehead atoms. The smallest absolute Gasteiger partial charge is 0.365 e. The van der Waals surface area contributed by atoms with E-state index in [4.69, 9.17) is 33.2 Å². The first-order chi connectivity index (χ1) is 3.97. The van der Waals surface area contributed by atoms with E-state index in [0.29, 0.717) is 0 Å². The zero-order valence-corrected chi connectivity index (χ0v) is 10.6. The summed E-state index contributed by atoms with van der Waals surface area (Å²) in [6.07, 6.45) is 0. The zero-order chi connectivity index (χ0) is 7.91. The van der Waals surface area contributed by atoms with Crippen LogP contribution >= 0.6 is 33.2 Å². The molecule has 56 valence electrons. The Morgan fingerprint density at radius 3 is 1.67 bits per heavy atom. The fourth-order valence-corrected chi connectivity index (χ4v) is 0. The van der Waals surface area contributed by atoms with Gasteiger partial charge >= 0.3 is 6.00 Å². The largest absolute Gasteiger partial charge is 0.431 e. The molecule has 0 aromatic carbocycles. The maximum Gasteiger partial charge on any atom is 0.365 e. The van der Waals surface area contributed by atoms with Gasteiger partial charge in [0.2, 0.25) is 0 Å². The van der Waals surface area contributed by atoms with E-state index in [0.717, 1.165) is 10.5 Å². The van der Waals surface area contributed by atoms with Crippen LogP contribution in [0.5, 0.6) is 0 Å². The fourth-order valence-electron chi connectivity index (χ4n) is 0. The van der Waals surface area contributed by atoms with Crippen molar-refractivity contribution < 1.29 is 4.43 Å². The van der Waals surface area contributed by atoms with Gasteiger partial charge in [0.25, 0.3) is 0 Å². The second kappa shape index (κ2) is 7.11. The second-order valence-electron chi connectivity index (χ2n) is 1.15. The number of hydrogen-bond donors (Lipinski definition) is 0. The molecule has 0 saturated heterocycles. The third kappa shape index (κ3) is 27.6. The summed E-state index contributed by atoms with van der Waals surface area (Å²) in [5.41, 5.74) is 1.37. The van der Waals surface area contributed by atoms with Crippen LogP contribution in [0.15, 0.2) is 12.3 Å². The van der Waals surface area contributed by atoms with E-state index in [1.807, 2.05) is 0 Å². The van der Waals surface area contributed by atoms with Crippen molar-refractivity contribution in [2.75, 3.05) is 7.11 Å². The highest BCUT2D eigenvalue weighted by molar-refractivity contribution is 7.66. The summed E-state index contributed by atoms with van der Waals surface area (Å²) >= 11 is 15.8. The van der Waals surface area contributed by atoms with Crippen LogP contribution < -0.4 is 0 Å². The van der Waals surface area contributed by atoms with Crippen molar-refractivity contribution in [3.8, 4) is 0 Å². The lowest BCUT2D eigenvalue weighted by atomic mass is 11.3. The Morgan fingerprint density at radius 2 is 1.67 bits per heavy atom. The van der Waals surface area contributed by atoms with E-state index in [1.165, 1.54) is 5.70 Å². The predicted octanol–water partition coefficient (Wildman–Crippen LogP) is 1.28. The first-order valence-electron chi connectivity index (χ1n) is 2.08. The predicted molar refractivity (Wildman–Crippen MR) is 50.5 cm³/mol. The summed E-state index contributed by atoms with van der Waals surface area (Å²) < 4.78 is 4.39. The number of halogens is 3. The van der Waals surface area contributed by atoms with Crippen molar-refractivity contribution in [3.63, 3.8) is 0 Å². The van der Waals surface area contributed by atoms with Gasteiger partial charge in [-0.15, -0.1) is 39.8 Å². The average molecular weight is 224 g/mol. The Hall–Kier alpha value is 1.00. The van der Waals surface area contributed by atoms with E-state index in [-0.39, 0.29) is 0 Å². The van der Waals surface area contributed by atoms with Crippen LogP contribution in [0.25, 0.3) is 0 Å². The molecular formula is C3H9Cl3OSi2. The molecule has 0 aliphatic rings. The molecule has 1 nitrogen and oxygen atoms in total. The Balaban J connectivity index is 0. The molecule has 0 saturated carbocycles. The molecular weight excluding hydrogens is 215 g/mol. The monoisotopic (exact) mass is 222 g/mol. The summed E-state index contributed by atoms with van der Waals surface area (Å²) in [6.45, 7) is 3.30. The minimum atomic E-state index is -2.45. The molecule has 6 heteroatoms. The van der Waals surface area contributed by atoms with E-state index in [1.54, 1.807) is 7.11 Å². The van der Waals surface area contributed by atoms with Gasteiger partial charge in [0.15, 0.2) is 0 Å². The highest BCUT2D eigenvalue weighted by Gasteiger charge is 2.17. The molecule has 0 atom stereocenters. The molecule has 0 heterocycles. The lowest BCUT2D eigenvalue weighted by Crippen LogP contribution is -2.01. The summed E-state index contributed by atoms with van der Waals surface area (Å²) in [6, 6.07) is -2.45. The van der Waals surface area contributed by atoms with Gasteiger partial charge in [0.05, 0.1) is 0 Å². The van der Waals surface area contributed by atoms with E-state index in [9.17, 15) is 0 Å². The molecule has 0 aromatic heterocycles. The normalized spacial score (nSPS) is 9.78. The Morgan fingerprint density at radius 1 is 1.56 bits per heavy atom. The van der Waals surface area contributed by atoms with Gasteiger partial charge in [-0.2, -0.15) is 0 Å². The van der Waals surface area contributed by atoms with Crippen LogP contribution in [-0.4, -0.2) is 23.6 Å². The van der Waals surface area contributed by atoms with Gasteiger partial charge in [-0.1, -0.05) is 5.70 Å². The minimum Gasteiger partial charge on any atom is -0.431 e. The Labute approximate surface area is 73.6 Å². The first kappa shape index (κ1) is 12.7. The molecule has 0 aliphatic heterocycles. The van der Waals surface area contributed by atoms with E-state index >= 15 is 0 Å². The molecule has 0 fully saturated rings. The second-order valence-corrected chi connectivity index (χ2v) is 10.6. The lowest BCUT2D eigenvalue weighted by Gasteiger charge is -1.92. The molecule has 0 aliphatic carbocycles. The minimum absolute atomic E-state index is 0.869. The molecule has 0 unspecified atom stereocenters. The SMILES string of the molecule is C=C[Si](Cl)(Cl)Cl.CO[SiH3]. The summed E-state index contributed by atoms with van der Waals surface area (Å²) in [4.78, 5) is 0. The molecule has 9 heavy (non-hydrogen) atoms. The molecule has 0 rings (SSSR count).